The summed E-state index contributed by atoms with van der Waals surface area (Å²) in [4.78, 5) is 10.7. The molecule has 0 radical (unpaired) electrons. The third-order valence-corrected chi connectivity index (χ3v) is 3.68. The van der Waals surface area contributed by atoms with Gasteiger partial charge >= 0.3 is 0 Å². The average molecular weight is 337 g/mol. The van der Waals surface area contributed by atoms with Crippen molar-refractivity contribution in [2.75, 3.05) is 5.32 Å². The van der Waals surface area contributed by atoms with Gasteiger partial charge in [-0.1, -0.05) is 12.1 Å². The maximum absolute atomic E-state index is 13.9. The first-order valence-corrected chi connectivity index (χ1v) is 7.26. The fourth-order valence-corrected chi connectivity index (χ4v) is 2.40. The van der Waals surface area contributed by atoms with Crippen LogP contribution in [0.2, 0.25) is 0 Å². The van der Waals surface area contributed by atoms with E-state index in [1.165, 1.54) is 35.1 Å². The van der Waals surface area contributed by atoms with E-state index in [4.69, 9.17) is 5.26 Å². The number of nitro groups is 1. The molecule has 0 aliphatic rings. The zero-order chi connectivity index (χ0) is 18.0. The van der Waals surface area contributed by atoms with Crippen LogP contribution in [0.5, 0.6) is 0 Å². The van der Waals surface area contributed by atoms with Crippen LogP contribution in [0.3, 0.4) is 0 Å². The smallest absolute Gasteiger partial charge is 0.293 e. The molecular weight excluding hydrogens is 325 g/mol. The molecule has 1 aromatic heterocycles. The summed E-state index contributed by atoms with van der Waals surface area (Å²) in [6, 6.07) is 12.2. The fourth-order valence-electron chi connectivity index (χ4n) is 2.40. The third kappa shape index (κ3) is 3.03. The zero-order valence-corrected chi connectivity index (χ0v) is 13.1. The summed E-state index contributed by atoms with van der Waals surface area (Å²) in [5.41, 5.74) is 1.55. The van der Waals surface area contributed by atoms with Crippen LogP contribution in [0.1, 0.15) is 11.3 Å². The molecule has 0 amide bonds. The van der Waals surface area contributed by atoms with E-state index >= 15 is 0 Å². The van der Waals surface area contributed by atoms with Crippen molar-refractivity contribution in [1.29, 1.82) is 5.26 Å². The normalized spacial score (nSPS) is 10.3. The number of hydrogen-bond acceptors (Lipinski definition) is 5. The van der Waals surface area contributed by atoms with Crippen LogP contribution in [0.4, 0.5) is 21.5 Å². The van der Waals surface area contributed by atoms with Crippen molar-refractivity contribution in [1.82, 2.24) is 9.78 Å². The van der Waals surface area contributed by atoms with E-state index in [1.54, 1.807) is 25.1 Å². The average Bonchev–Trinajstić information content (AvgIpc) is 2.96. The minimum Gasteiger partial charge on any atom is -0.347 e. The van der Waals surface area contributed by atoms with E-state index < -0.39 is 10.7 Å². The van der Waals surface area contributed by atoms with Gasteiger partial charge in [-0.05, 0) is 31.2 Å². The monoisotopic (exact) mass is 337 g/mol. The molecule has 0 saturated heterocycles. The summed E-state index contributed by atoms with van der Waals surface area (Å²) >= 11 is 0. The topological polar surface area (TPSA) is 96.8 Å². The van der Waals surface area contributed by atoms with Gasteiger partial charge in [-0.3, -0.25) is 10.1 Å². The molecule has 0 aliphatic carbocycles. The summed E-state index contributed by atoms with van der Waals surface area (Å²) in [5, 5.41) is 27.2. The van der Waals surface area contributed by atoms with Gasteiger partial charge in [0, 0.05) is 6.07 Å². The third-order valence-electron chi connectivity index (χ3n) is 3.68. The Bertz CT molecular complexity index is 1010. The molecule has 124 valence electrons. The first-order valence-electron chi connectivity index (χ1n) is 7.26. The van der Waals surface area contributed by atoms with Crippen LogP contribution in [0.15, 0.2) is 48.7 Å². The Morgan fingerprint density at radius 2 is 2.04 bits per heavy atom. The number of nitrogens with one attached hydrogen (secondary N) is 1. The first kappa shape index (κ1) is 16.1. The quantitative estimate of drug-likeness (QED) is 0.576. The van der Waals surface area contributed by atoms with Crippen LogP contribution in [0.25, 0.3) is 5.69 Å². The molecule has 1 N–H and O–H groups in total. The second-order valence-electron chi connectivity index (χ2n) is 5.23. The van der Waals surface area contributed by atoms with Crippen LogP contribution in [0, 0.1) is 34.2 Å². The Kier molecular flexibility index (Phi) is 4.14. The highest BCUT2D eigenvalue weighted by Gasteiger charge is 2.17. The Morgan fingerprint density at radius 3 is 2.72 bits per heavy atom. The molecule has 0 spiro atoms. The lowest BCUT2D eigenvalue weighted by Crippen LogP contribution is -2.03. The number of nitrogens with zero attached hydrogens (tertiary/aromatic N) is 4. The molecule has 25 heavy (non-hydrogen) atoms. The lowest BCUT2D eigenvalue weighted by molar-refractivity contribution is -0.383. The van der Waals surface area contributed by atoms with E-state index in [2.05, 4.69) is 10.4 Å². The number of nitro benzene ring substituents is 1. The molecule has 0 bridgehead atoms. The number of para-hydroxylation sites is 1. The highest BCUT2D eigenvalue weighted by atomic mass is 19.1. The minimum atomic E-state index is -0.570. The van der Waals surface area contributed by atoms with Crippen molar-refractivity contribution in [3.63, 3.8) is 0 Å². The molecule has 7 nitrogen and oxygen atoms in total. The summed E-state index contributed by atoms with van der Waals surface area (Å²) < 4.78 is 15.4. The molecule has 0 saturated carbocycles. The van der Waals surface area contributed by atoms with Crippen LogP contribution < -0.4 is 5.32 Å². The van der Waals surface area contributed by atoms with Crippen molar-refractivity contribution < 1.29 is 9.31 Å². The largest absolute Gasteiger partial charge is 0.347 e. The van der Waals surface area contributed by atoms with E-state index in [9.17, 15) is 14.5 Å². The van der Waals surface area contributed by atoms with E-state index in [0.717, 1.165) is 0 Å². The van der Waals surface area contributed by atoms with Crippen LogP contribution >= 0.6 is 0 Å². The van der Waals surface area contributed by atoms with Gasteiger partial charge in [0.15, 0.2) is 0 Å². The standard InChI is InChI=1S/C17H12FN5O2/c1-11-15(10-20-22(11)16-5-3-2-4-13(16)18)21-14-7-6-12(9-19)8-17(14)23(24)25/h2-8,10,21H,1H3. The van der Waals surface area contributed by atoms with E-state index in [-0.39, 0.29) is 22.6 Å². The lowest BCUT2D eigenvalue weighted by atomic mass is 10.2. The van der Waals surface area contributed by atoms with Gasteiger partial charge in [0.05, 0.1) is 34.1 Å². The predicted octanol–water partition coefficient (Wildman–Crippen LogP) is 3.84. The lowest BCUT2D eigenvalue weighted by Gasteiger charge is -2.09. The van der Waals surface area contributed by atoms with Gasteiger partial charge in [0.1, 0.15) is 17.2 Å². The Hall–Kier alpha value is -3.73. The van der Waals surface area contributed by atoms with Crippen molar-refractivity contribution >= 4 is 17.1 Å². The Balaban J connectivity index is 2.00. The summed E-state index contributed by atoms with van der Waals surface area (Å²) in [6.07, 6.45) is 1.46. The van der Waals surface area contributed by atoms with Crippen molar-refractivity contribution in [2.45, 2.75) is 6.92 Å². The number of aromatic nitrogens is 2. The van der Waals surface area contributed by atoms with Gasteiger partial charge in [0.2, 0.25) is 0 Å². The molecular formula is C17H12FN5O2. The molecule has 0 aliphatic heterocycles. The van der Waals surface area contributed by atoms with Crippen molar-refractivity contribution in [2.24, 2.45) is 0 Å². The zero-order valence-electron chi connectivity index (χ0n) is 13.1. The number of halogens is 1. The minimum absolute atomic E-state index is 0.191. The molecule has 0 atom stereocenters. The second kappa shape index (κ2) is 6.41. The highest BCUT2D eigenvalue weighted by molar-refractivity contribution is 5.71. The number of benzene rings is 2. The second-order valence-corrected chi connectivity index (χ2v) is 5.23. The summed E-state index contributed by atoms with van der Waals surface area (Å²) in [7, 11) is 0. The Labute approximate surface area is 142 Å². The highest BCUT2D eigenvalue weighted by Crippen LogP contribution is 2.30. The molecule has 0 unspecified atom stereocenters. The first-order chi connectivity index (χ1) is 12.0. The van der Waals surface area contributed by atoms with Gasteiger partial charge in [-0.25, -0.2) is 9.07 Å². The van der Waals surface area contributed by atoms with Gasteiger partial charge in [-0.2, -0.15) is 10.4 Å². The Morgan fingerprint density at radius 1 is 1.28 bits per heavy atom. The maximum atomic E-state index is 13.9. The van der Waals surface area contributed by atoms with Crippen molar-refractivity contribution in [3.8, 4) is 11.8 Å². The van der Waals surface area contributed by atoms with Crippen LogP contribution in [-0.4, -0.2) is 14.7 Å². The maximum Gasteiger partial charge on any atom is 0.293 e. The van der Waals surface area contributed by atoms with E-state index in [0.29, 0.717) is 11.4 Å². The molecule has 3 aromatic rings. The summed E-state index contributed by atoms with van der Waals surface area (Å²) in [6.45, 7) is 1.72. The van der Waals surface area contributed by atoms with Crippen LogP contribution in [-0.2, 0) is 0 Å². The summed E-state index contributed by atoms with van der Waals surface area (Å²) in [5.74, 6) is -0.426. The number of anilines is 2. The van der Waals surface area contributed by atoms with Gasteiger partial charge in [-0.15, -0.1) is 0 Å². The molecule has 8 heteroatoms. The molecule has 2 aromatic carbocycles. The molecule has 3 rings (SSSR count). The van der Waals surface area contributed by atoms with E-state index in [1.807, 2.05) is 6.07 Å². The van der Waals surface area contributed by atoms with Gasteiger partial charge in [0.25, 0.3) is 5.69 Å². The predicted molar refractivity (Wildman–Crippen MR) is 89.4 cm³/mol. The van der Waals surface area contributed by atoms with Crippen molar-refractivity contribution in [3.05, 3.63) is 75.9 Å². The number of rotatable bonds is 4. The fraction of sp³-hybridized carbons (Fsp3) is 0.0588. The number of hydrogen-bond donors (Lipinski definition) is 1. The molecule has 1 heterocycles. The molecule has 0 fully saturated rings. The van der Waals surface area contributed by atoms with Gasteiger partial charge < -0.3 is 5.32 Å². The number of nitriles is 1. The SMILES string of the molecule is Cc1c(Nc2ccc(C#N)cc2[N+](=O)[O-])cnn1-c1ccccc1F.